The summed E-state index contributed by atoms with van der Waals surface area (Å²) < 4.78 is 17.9. The molecule has 5 nitrogen and oxygen atoms in total. The molecule has 0 aromatic heterocycles. The summed E-state index contributed by atoms with van der Waals surface area (Å²) in [5.41, 5.74) is -0.737. The van der Waals surface area contributed by atoms with Gasteiger partial charge in [-0.15, -0.1) is 0 Å². The van der Waals surface area contributed by atoms with Crippen molar-refractivity contribution < 1.29 is 28.9 Å². The molecule has 0 radical (unpaired) electrons. The molecular formula is C9H7FO5. The van der Waals surface area contributed by atoms with Crippen LogP contribution in [0.4, 0.5) is 4.39 Å². The second-order valence-electron chi connectivity index (χ2n) is 2.64. The molecule has 0 saturated heterocycles. The Bertz CT molecular complexity index is 427. The number of hydrogen-bond donors (Lipinski definition) is 2. The van der Waals surface area contributed by atoms with Crippen molar-refractivity contribution >= 4 is 11.8 Å². The maximum Gasteiger partial charge on any atom is 0.377 e. The van der Waals surface area contributed by atoms with Crippen LogP contribution in [0.2, 0.25) is 0 Å². The number of rotatable bonds is 3. The molecule has 0 saturated carbocycles. The van der Waals surface area contributed by atoms with Crippen LogP contribution in [0, 0.1) is 5.82 Å². The minimum atomic E-state index is -1.80. The zero-order valence-corrected chi connectivity index (χ0v) is 7.65. The Hall–Kier alpha value is -2.11. The molecule has 1 rings (SSSR count). The van der Waals surface area contributed by atoms with Gasteiger partial charge >= 0.3 is 5.97 Å². The number of halogens is 1. The van der Waals surface area contributed by atoms with E-state index in [1.165, 1.54) is 0 Å². The quantitative estimate of drug-likeness (QED) is 0.574. The number of aliphatic carboxylic acids is 1. The van der Waals surface area contributed by atoms with Crippen LogP contribution in [0.15, 0.2) is 12.1 Å². The van der Waals surface area contributed by atoms with Gasteiger partial charge in [0, 0.05) is 6.07 Å². The number of carbonyl (C=O) groups is 2. The van der Waals surface area contributed by atoms with Crippen LogP contribution in [0.1, 0.15) is 10.4 Å². The van der Waals surface area contributed by atoms with Crippen molar-refractivity contribution in [1.29, 1.82) is 0 Å². The van der Waals surface area contributed by atoms with E-state index in [0.29, 0.717) is 0 Å². The molecule has 1 aromatic rings. The SMILES string of the molecule is COc1cc(O)cc(C(=O)C(=O)O)c1F. The Kier molecular flexibility index (Phi) is 2.89. The van der Waals surface area contributed by atoms with E-state index in [1.54, 1.807) is 0 Å². The molecule has 0 aliphatic heterocycles. The summed E-state index contributed by atoms with van der Waals surface area (Å²) in [5, 5.41) is 17.5. The summed E-state index contributed by atoms with van der Waals surface area (Å²) in [6.45, 7) is 0. The number of phenols is 1. The number of phenolic OH excluding ortho intramolecular Hbond substituents is 1. The number of carboxylic acids is 1. The van der Waals surface area contributed by atoms with E-state index in [-0.39, 0.29) is 5.75 Å². The molecule has 0 heterocycles. The number of carbonyl (C=O) groups excluding carboxylic acids is 1. The predicted molar refractivity (Wildman–Crippen MR) is 46.6 cm³/mol. The van der Waals surface area contributed by atoms with Gasteiger partial charge in [0.2, 0.25) is 0 Å². The fourth-order valence-corrected chi connectivity index (χ4v) is 1.01. The second-order valence-corrected chi connectivity index (χ2v) is 2.64. The average Bonchev–Trinajstić information content (AvgIpc) is 2.19. The lowest BCUT2D eigenvalue weighted by atomic mass is 10.1. The number of carboxylic acid groups (broad SMARTS) is 1. The molecule has 2 N–H and O–H groups in total. The topological polar surface area (TPSA) is 83.8 Å². The van der Waals surface area contributed by atoms with Gasteiger partial charge in [0.25, 0.3) is 5.78 Å². The van der Waals surface area contributed by atoms with Gasteiger partial charge in [-0.1, -0.05) is 0 Å². The van der Waals surface area contributed by atoms with Crippen molar-refractivity contribution in [2.75, 3.05) is 7.11 Å². The number of ether oxygens (including phenoxy) is 1. The monoisotopic (exact) mass is 214 g/mol. The number of methoxy groups -OCH3 is 1. The summed E-state index contributed by atoms with van der Waals surface area (Å²) in [7, 11) is 1.13. The van der Waals surface area contributed by atoms with Crippen LogP contribution in [0.3, 0.4) is 0 Å². The maximum absolute atomic E-state index is 13.3. The molecule has 0 aliphatic rings. The van der Waals surface area contributed by atoms with E-state index in [0.717, 1.165) is 19.2 Å². The standard InChI is InChI=1S/C9H7FO5/c1-15-6-3-4(11)2-5(7(6)10)8(12)9(13)14/h2-3,11H,1H3,(H,13,14). The Morgan fingerprint density at radius 2 is 2.00 bits per heavy atom. The van der Waals surface area contributed by atoms with E-state index in [9.17, 15) is 14.0 Å². The Labute approximate surface area is 83.7 Å². The van der Waals surface area contributed by atoms with Crippen LogP contribution >= 0.6 is 0 Å². The fourth-order valence-electron chi connectivity index (χ4n) is 1.01. The highest BCUT2D eigenvalue weighted by atomic mass is 19.1. The number of benzene rings is 1. The first-order valence-corrected chi connectivity index (χ1v) is 3.81. The van der Waals surface area contributed by atoms with Gasteiger partial charge < -0.3 is 14.9 Å². The van der Waals surface area contributed by atoms with Gasteiger partial charge in [-0.3, -0.25) is 4.79 Å². The van der Waals surface area contributed by atoms with Crippen LogP contribution < -0.4 is 4.74 Å². The van der Waals surface area contributed by atoms with Crippen molar-refractivity contribution in [2.24, 2.45) is 0 Å². The smallest absolute Gasteiger partial charge is 0.377 e. The van der Waals surface area contributed by atoms with E-state index in [1.807, 2.05) is 0 Å². The van der Waals surface area contributed by atoms with Crippen LogP contribution in [0.25, 0.3) is 0 Å². The first-order chi connectivity index (χ1) is 6.97. The number of aromatic hydroxyl groups is 1. The summed E-state index contributed by atoms with van der Waals surface area (Å²) in [5.74, 6) is -5.19. The Morgan fingerprint density at radius 3 is 2.47 bits per heavy atom. The second kappa shape index (κ2) is 3.95. The summed E-state index contributed by atoms with van der Waals surface area (Å²) in [4.78, 5) is 21.3. The molecule has 80 valence electrons. The molecule has 0 aliphatic carbocycles. The highest BCUT2D eigenvalue weighted by molar-refractivity contribution is 6.40. The molecule has 0 spiro atoms. The van der Waals surface area contributed by atoms with Gasteiger partial charge in [-0.25, -0.2) is 9.18 Å². The molecule has 1 aromatic carbocycles. The first kappa shape index (κ1) is 11.0. The van der Waals surface area contributed by atoms with E-state index in [4.69, 9.17) is 10.2 Å². The summed E-state index contributed by atoms with van der Waals surface area (Å²) in [6, 6.07) is 1.67. The lowest BCUT2D eigenvalue weighted by Gasteiger charge is -2.05. The van der Waals surface area contributed by atoms with E-state index in [2.05, 4.69) is 4.74 Å². The maximum atomic E-state index is 13.3. The zero-order chi connectivity index (χ0) is 11.6. The molecule has 0 fully saturated rings. The lowest BCUT2D eigenvalue weighted by molar-refractivity contribution is -0.131. The normalized spacial score (nSPS) is 9.73. The van der Waals surface area contributed by atoms with Crippen molar-refractivity contribution in [3.63, 3.8) is 0 Å². The average molecular weight is 214 g/mol. The van der Waals surface area contributed by atoms with Gasteiger partial charge in [0.1, 0.15) is 5.75 Å². The third-order valence-corrected chi connectivity index (χ3v) is 1.68. The fraction of sp³-hybridized carbons (Fsp3) is 0.111. The predicted octanol–water partition coefficient (Wildman–Crippen LogP) is 0.807. The first-order valence-electron chi connectivity index (χ1n) is 3.81. The summed E-state index contributed by atoms with van der Waals surface area (Å²) >= 11 is 0. The Balaban J connectivity index is 3.35. The van der Waals surface area contributed by atoms with Gasteiger partial charge in [0.15, 0.2) is 11.6 Å². The van der Waals surface area contributed by atoms with Crippen molar-refractivity contribution in [3.8, 4) is 11.5 Å². The minimum absolute atomic E-state index is 0.389. The molecule has 6 heteroatoms. The third-order valence-electron chi connectivity index (χ3n) is 1.68. The van der Waals surface area contributed by atoms with Crippen LogP contribution in [-0.2, 0) is 4.79 Å². The Morgan fingerprint density at radius 1 is 1.40 bits per heavy atom. The van der Waals surface area contributed by atoms with Crippen LogP contribution in [0.5, 0.6) is 11.5 Å². The van der Waals surface area contributed by atoms with Crippen molar-refractivity contribution in [2.45, 2.75) is 0 Å². The van der Waals surface area contributed by atoms with Crippen molar-refractivity contribution in [3.05, 3.63) is 23.5 Å². The highest BCUT2D eigenvalue weighted by Crippen LogP contribution is 2.26. The van der Waals surface area contributed by atoms with Gasteiger partial charge in [0.05, 0.1) is 12.7 Å². The number of hydrogen-bond acceptors (Lipinski definition) is 4. The molecule has 0 amide bonds. The number of Topliss-reactive ketones (excluding diaryl/α,β-unsaturated/α-hetero) is 1. The van der Waals surface area contributed by atoms with Crippen LogP contribution in [-0.4, -0.2) is 29.1 Å². The van der Waals surface area contributed by atoms with Gasteiger partial charge in [-0.05, 0) is 6.07 Å². The largest absolute Gasteiger partial charge is 0.508 e. The molecule has 0 bridgehead atoms. The molecular weight excluding hydrogens is 207 g/mol. The molecule has 0 atom stereocenters. The minimum Gasteiger partial charge on any atom is -0.508 e. The lowest BCUT2D eigenvalue weighted by Crippen LogP contribution is -2.14. The summed E-state index contributed by atoms with van der Waals surface area (Å²) in [6.07, 6.45) is 0. The van der Waals surface area contributed by atoms with Gasteiger partial charge in [-0.2, -0.15) is 0 Å². The zero-order valence-electron chi connectivity index (χ0n) is 7.65. The number of ketones is 1. The highest BCUT2D eigenvalue weighted by Gasteiger charge is 2.22. The van der Waals surface area contributed by atoms with E-state index >= 15 is 0 Å². The molecule has 15 heavy (non-hydrogen) atoms. The molecule has 0 unspecified atom stereocenters. The van der Waals surface area contributed by atoms with E-state index < -0.39 is 28.9 Å². The third kappa shape index (κ3) is 2.04. The van der Waals surface area contributed by atoms with Crippen molar-refractivity contribution in [1.82, 2.24) is 0 Å².